The molecule has 4 aromatic carbocycles. The summed E-state index contributed by atoms with van der Waals surface area (Å²) < 4.78 is 0. The summed E-state index contributed by atoms with van der Waals surface area (Å²) in [5.41, 5.74) is 11.1. The van der Waals surface area contributed by atoms with Crippen molar-refractivity contribution >= 4 is 57.9 Å². The van der Waals surface area contributed by atoms with Crippen molar-refractivity contribution in [1.29, 1.82) is 0 Å². The molecule has 8 rings (SSSR count). The zero-order chi connectivity index (χ0) is 38.8. The van der Waals surface area contributed by atoms with Crippen LogP contribution in [0.3, 0.4) is 0 Å². The largest absolute Gasteiger partial charge is 0.323 e. The Balaban J connectivity index is 0.874. The summed E-state index contributed by atoms with van der Waals surface area (Å²) in [5.74, 6) is 3.35. The fourth-order valence-electron chi connectivity index (χ4n) is 8.19. The van der Waals surface area contributed by atoms with Gasteiger partial charge in [-0.1, -0.05) is 109 Å². The van der Waals surface area contributed by atoms with Crippen LogP contribution in [-0.2, 0) is 9.59 Å². The summed E-state index contributed by atoms with van der Waals surface area (Å²) >= 11 is 3.60. The fourth-order valence-corrected chi connectivity index (χ4v) is 10.6. The zero-order valence-electron chi connectivity index (χ0n) is 32.4. The van der Waals surface area contributed by atoms with E-state index >= 15 is 0 Å². The molecule has 56 heavy (non-hydrogen) atoms. The third kappa shape index (κ3) is 7.80. The smallest absolute Gasteiger partial charge is 0.245 e. The molecule has 2 fully saturated rings. The minimum atomic E-state index is -0.324. The predicted octanol–water partition coefficient (Wildman–Crippen LogP) is 8.13. The summed E-state index contributed by atoms with van der Waals surface area (Å²) in [7, 11) is 7.88. The molecular formula is C46H48N6O2S2. The van der Waals surface area contributed by atoms with E-state index in [2.05, 4.69) is 48.5 Å². The number of carbonyl (C=O) groups is 2. The minimum Gasteiger partial charge on any atom is -0.323 e. The molecule has 8 nitrogen and oxygen atoms in total. The molecule has 2 amide bonds. The maximum absolute atomic E-state index is 13.9. The van der Waals surface area contributed by atoms with Crippen LogP contribution in [0.4, 0.5) is 0 Å². The molecular weight excluding hydrogens is 733 g/mol. The molecule has 286 valence electrons. The number of amides is 2. The van der Waals surface area contributed by atoms with E-state index in [0.29, 0.717) is 11.8 Å². The number of hydrogen-bond donors (Lipinski definition) is 0. The minimum absolute atomic E-state index is 0.00443. The Morgan fingerprint density at radius 1 is 0.554 bits per heavy atom. The van der Waals surface area contributed by atoms with E-state index < -0.39 is 0 Å². The van der Waals surface area contributed by atoms with Crippen molar-refractivity contribution in [1.82, 2.24) is 19.6 Å². The second-order valence-corrected chi connectivity index (χ2v) is 17.3. The number of allylic oxidation sites excluding steroid dienone is 2. The quantitative estimate of drug-likeness (QED) is 0.153. The van der Waals surface area contributed by atoms with Crippen LogP contribution in [-0.4, -0.2) is 106 Å². The Bertz CT molecular complexity index is 2030. The van der Waals surface area contributed by atoms with Crippen molar-refractivity contribution in [2.75, 3.05) is 51.4 Å². The molecule has 0 aliphatic carbocycles. The van der Waals surface area contributed by atoms with Crippen LogP contribution in [0.5, 0.6) is 0 Å². The third-order valence-corrected chi connectivity index (χ3v) is 13.2. The molecule has 0 bridgehead atoms. The van der Waals surface area contributed by atoms with Crippen LogP contribution in [0.2, 0.25) is 0 Å². The number of carbonyl (C=O) groups excluding carboxylic acids is 2. The van der Waals surface area contributed by atoms with Crippen molar-refractivity contribution in [3.63, 3.8) is 0 Å². The maximum atomic E-state index is 13.9. The van der Waals surface area contributed by atoms with Crippen LogP contribution in [0.25, 0.3) is 22.3 Å². The standard InChI is InChI=1S/C46H48N6O2S2/c1-49(2)43(35-11-7-5-8-12-35)45(53)51-29-55-27-41(51)39-23-37(25-47-39)33-19-15-31(16-20-33)32-17-21-34(22-18-32)38-24-40(48-26-38)42-28-56-30-52(42)46(54)44(50(3)4)36-13-9-6-10-14-36/h5-22,25-26,41-44H,23-24,27-30H2,1-4H3/t41-,42-,43+,44+/m0/s1. The first-order chi connectivity index (χ1) is 27.3. The van der Waals surface area contributed by atoms with Gasteiger partial charge in [0.2, 0.25) is 11.8 Å². The van der Waals surface area contributed by atoms with E-state index in [1.807, 2.05) is 121 Å². The molecule has 0 aromatic heterocycles. The predicted molar refractivity (Wildman–Crippen MR) is 234 cm³/mol. The molecule has 0 N–H and O–H groups in total. The third-order valence-electron chi connectivity index (χ3n) is 11.2. The Kier molecular flexibility index (Phi) is 11.4. The second kappa shape index (κ2) is 16.8. The number of likely N-dealkylation sites (N-methyl/N-ethyl adjacent to an activating group) is 2. The fraction of sp³-hybridized carbons (Fsp3) is 0.304. The molecule has 0 spiro atoms. The molecule has 4 aliphatic heterocycles. The van der Waals surface area contributed by atoms with Gasteiger partial charge in [-0.25, -0.2) is 0 Å². The lowest BCUT2D eigenvalue weighted by molar-refractivity contribution is -0.136. The van der Waals surface area contributed by atoms with E-state index in [1.54, 1.807) is 23.5 Å². The average molecular weight is 781 g/mol. The van der Waals surface area contributed by atoms with E-state index in [1.165, 1.54) is 11.1 Å². The van der Waals surface area contributed by atoms with Gasteiger partial charge in [0, 0.05) is 48.2 Å². The first-order valence-electron chi connectivity index (χ1n) is 19.2. The number of rotatable bonds is 11. The Labute approximate surface area is 339 Å². The monoisotopic (exact) mass is 780 g/mol. The van der Waals surface area contributed by atoms with Gasteiger partial charge in [0.15, 0.2) is 0 Å². The Morgan fingerprint density at radius 3 is 1.27 bits per heavy atom. The number of nitrogens with zero attached hydrogens (tertiary/aromatic N) is 6. The van der Waals surface area contributed by atoms with Crippen molar-refractivity contribution in [3.8, 4) is 11.1 Å². The maximum Gasteiger partial charge on any atom is 0.245 e. The highest BCUT2D eigenvalue weighted by Gasteiger charge is 2.40. The lowest BCUT2D eigenvalue weighted by atomic mass is 9.95. The van der Waals surface area contributed by atoms with Crippen LogP contribution in [0.1, 0.15) is 47.2 Å². The first kappa shape index (κ1) is 38.1. The topological polar surface area (TPSA) is 71.8 Å². The van der Waals surface area contributed by atoms with Gasteiger partial charge in [-0.2, -0.15) is 0 Å². The van der Waals surface area contributed by atoms with Crippen LogP contribution < -0.4 is 0 Å². The molecule has 4 aromatic rings. The first-order valence-corrected chi connectivity index (χ1v) is 21.5. The van der Waals surface area contributed by atoms with Crippen LogP contribution in [0, 0.1) is 0 Å². The molecule has 4 atom stereocenters. The highest BCUT2D eigenvalue weighted by atomic mass is 32.2. The molecule has 10 heteroatoms. The Hall–Kier alpha value is -4.74. The number of hydrogen-bond acceptors (Lipinski definition) is 8. The molecule has 4 heterocycles. The van der Waals surface area contributed by atoms with Crippen molar-refractivity contribution in [2.24, 2.45) is 9.98 Å². The summed E-state index contributed by atoms with van der Waals surface area (Å²) in [4.78, 5) is 45.7. The zero-order valence-corrected chi connectivity index (χ0v) is 34.0. The highest BCUT2D eigenvalue weighted by molar-refractivity contribution is 7.99. The van der Waals surface area contributed by atoms with Gasteiger partial charge in [0.1, 0.15) is 12.1 Å². The van der Waals surface area contributed by atoms with E-state index in [4.69, 9.17) is 9.98 Å². The van der Waals surface area contributed by atoms with Crippen LogP contribution >= 0.6 is 23.5 Å². The van der Waals surface area contributed by atoms with Crippen LogP contribution in [0.15, 0.2) is 132 Å². The number of aliphatic imine (C=N–C) groups is 2. The van der Waals surface area contributed by atoms with Gasteiger partial charge >= 0.3 is 0 Å². The number of benzene rings is 4. The summed E-state index contributed by atoms with van der Waals surface area (Å²) in [6, 6.07) is 36.9. The van der Waals surface area contributed by atoms with E-state index in [0.717, 1.165) is 69.2 Å². The molecule has 0 radical (unpaired) electrons. The van der Waals surface area contributed by atoms with Gasteiger partial charge < -0.3 is 9.80 Å². The van der Waals surface area contributed by atoms with Gasteiger partial charge in [0.25, 0.3) is 0 Å². The lowest BCUT2D eigenvalue weighted by Gasteiger charge is -2.31. The second-order valence-electron chi connectivity index (χ2n) is 15.3. The molecule has 0 saturated carbocycles. The SMILES string of the molecule is CN(C)[C@@H](C(=O)N1CSC[C@H]1C1=NC=C(c2ccc(-c3ccc(C4=CN=C([C@@H]5CSCN5C(=O)[C@@H](c5ccccc5)N(C)C)C4)cc3)cc2)C1)c1ccccc1. The van der Waals surface area contributed by atoms with Gasteiger partial charge in [-0.3, -0.25) is 29.4 Å². The number of thioether (sulfide) groups is 2. The normalized spacial score (nSPS) is 20.6. The summed E-state index contributed by atoms with van der Waals surface area (Å²) in [5, 5.41) is 0. The lowest BCUT2D eigenvalue weighted by Crippen LogP contribution is -2.46. The van der Waals surface area contributed by atoms with Gasteiger partial charge in [-0.15, -0.1) is 23.5 Å². The van der Waals surface area contributed by atoms with Crippen molar-refractivity contribution in [2.45, 2.75) is 37.0 Å². The van der Waals surface area contributed by atoms with Crippen molar-refractivity contribution in [3.05, 3.63) is 144 Å². The van der Waals surface area contributed by atoms with Crippen molar-refractivity contribution < 1.29 is 9.59 Å². The average Bonchev–Trinajstić information content (AvgIpc) is 4.06. The molecule has 4 aliphatic rings. The van der Waals surface area contributed by atoms with E-state index in [9.17, 15) is 9.59 Å². The van der Waals surface area contributed by atoms with Gasteiger partial charge in [0.05, 0.1) is 23.8 Å². The summed E-state index contributed by atoms with van der Waals surface area (Å²) in [6.07, 6.45) is 5.46. The Morgan fingerprint density at radius 2 is 0.911 bits per heavy atom. The molecule has 2 saturated heterocycles. The van der Waals surface area contributed by atoms with Gasteiger partial charge in [-0.05, 0) is 72.7 Å². The highest BCUT2D eigenvalue weighted by Crippen LogP contribution is 2.36. The summed E-state index contributed by atoms with van der Waals surface area (Å²) in [6.45, 7) is 0. The van der Waals surface area contributed by atoms with E-state index in [-0.39, 0.29) is 36.0 Å². The molecule has 0 unspecified atom stereocenters.